The fourth-order valence-corrected chi connectivity index (χ4v) is 3.84. The van der Waals surface area contributed by atoms with Gasteiger partial charge >= 0.3 is 5.82 Å². The molecule has 140 valence electrons. The molecule has 2 saturated heterocycles. The van der Waals surface area contributed by atoms with Gasteiger partial charge in [-0.25, -0.2) is 0 Å². The molecule has 26 heavy (non-hydrogen) atoms. The number of hydrogen-bond acceptors (Lipinski definition) is 7. The van der Waals surface area contributed by atoms with E-state index in [9.17, 15) is 10.1 Å². The summed E-state index contributed by atoms with van der Waals surface area (Å²) in [5.74, 6) is 0.707. The van der Waals surface area contributed by atoms with Crippen molar-refractivity contribution in [3.05, 3.63) is 34.5 Å². The van der Waals surface area contributed by atoms with Crippen LogP contribution in [0.4, 0.5) is 11.6 Å². The first kappa shape index (κ1) is 17.2. The Balaban J connectivity index is 1.56. The van der Waals surface area contributed by atoms with Gasteiger partial charge in [-0.05, 0) is 17.4 Å². The summed E-state index contributed by atoms with van der Waals surface area (Å²) in [6.45, 7) is 5.29. The standard InChI is InChI=1S/C17H23N5O4/c23-22(24)17-16(19-15-3-1-2-5-21(15)17)18-11-14(13-4-8-26-12-13)20-6-9-25-10-7-20/h1-3,5,13-14,18H,4,6-12H2/t13-,14-/m0/s1. The molecule has 0 radical (unpaired) electrons. The second-order valence-electron chi connectivity index (χ2n) is 6.69. The van der Waals surface area contributed by atoms with Crippen molar-refractivity contribution in [2.75, 3.05) is 51.4 Å². The van der Waals surface area contributed by atoms with Gasteiger partial charge in [0.25, 0.3) is 0 Å². The predicted octanol–water partition coefficient (Wildman–Crippen LogP) is 1.39. The van der Waals surface area contributed by atoms with E-state index in [1.807, 2.05) is 6.07 Å². The van der Waals surface area contributed by atoms with Crippen molar-refractivity contribution in [1.82, 2.24) is 14.3 Å². The van der Waals surface area contributed by atoms with Crippen molar-refractivity contribution in [1.29, 1.82) is 0 Å². The van der Waals surface area contributed by atoms with Gasteiger partial charge in [0.05, 0.1) is 26.0 Å². The molecule has 0 bridgehead atoms. The molecule has 2 fully saturated rings. The fraction of sp³-hybridized carbons (Fsp3) is 0.588. The van der Waals surface area contributed by atoms with E-state index >= 15 is 0 Å². The van der Waals surface area contributed by atoms with Crippen molar-refractivity contribution in [3.8, 4) is 0 Å². The summed E-state index contributed by atoms with van der Waals surface area (Å²) < 4.78 is 12.5. The first-order valence-electron chi connectivity index (χ1n) is 8.99. The van der Waals surface area contributed by atoms with E-state index in [4.69, 9.17) is 9.47 Å². The quantitative estimate of drug-likeness (QED) is 0.614. The molecule has 9 heteroatoms. The highest BCUT2D eigenvalue weighted by molar-refractivity contribution is 5.62. The van der Waals surface area contributed by atoms with Crippen molar-refractivity contribution >= 4 is 17.3 Å². The zero-order valence-electron chi connectivity index (χ0n) is 14.5. The van der Waals surface area contributed by atoms with Crippen molar-refractivity contribution in [2.45, 2.75) is 12.5 Å². The van der Waals surface area contributed by atoms with Crippen LogP contribution in [0, 0.1) is 16.0 Å². The number of rotatable bonds is 6. The maximum atomic E-state index is 11.6. The molecule has 2 aliphatic heterocycles. The molecular weight excluding hydrogens is 338 g/mol. The van der Waals surface area contributed by atoms with Crippen LogP contribution < -0.4 is 5.32 Å². The number of nitro groups is 1. The molecule has 2 aromatic heterocycles. The Kier molecular flexibility index (Phi) is 5.00. The van der Waals surface area contributed by atoms with Crippen molar-refractivity contribution < 1.29 is 14.4 Å². The molecule has 0 amide bonds. The summed E-state index contributed by atoms with van der Waals surface area (Å²) in [7, 11) is 0. The molecule has 2 atom stereocenters. The Bertz CT molecular complexity index is 768. The summed E-state index contributed by atoms with van der Waals surface area (Å²) in [6.07, 6.45) is 2.67. The average Bonchev–Trinajstić information content (AvgIpc) is 3.30. The smallest absolute Gasteiger partial charge is 0.372 e. The van der Waals surface area contributed by atoms with E-state index in [1.54, 1.807) is 18.3 Å². The number of aromatic nitrogens is 2. The van der Waals surface area contributed by atoms with Crippen LogP contribution in [0.25, 0.3) is 5.65 Å². The molecule has 2 aliphatic rings. The summed E-state index contributed by atoms with van der Waals surface area (Å²) in [5, 5.41) is 14.8. The van der Waals surface area contributed by atoms with E-state index in [2.05, 4.69) is 15.2 Å². The normalized spacial score (nSPS) is 22.5. The Hall–Kier alpha value is -2.23. The topological polar surface area (TPSA) is 94.2 Å². The zero-order chi connectivity index (χ0) is 17.9. The van der Waals surface area contributed by atoms with Gasteiger partial charge in [0.15, 0.2) is 0 Å². The second-order valence-corrected chi connectivity index (χ2v) is 6.69. The van der Waals surface area contributed by atoms with E-state index < -0.39 is 0 Å². The summed E-state index contributed by atoms with van der Waals surface area (Å²) >= 11 is 0. The van der Waals surface area contributed by atoms with Gasteiger partial charge < -0.3 is 24.9 Å². The number of anilines is 1. The van der Waals surface area contributed by atoms with E-state index in [0.29, 0.717) is 23.9 Å². The van der Waals surface area contributed by atoms with E-state index in [-0.39, 0.29) is 16.8 Å². The summed E-state index contributed by atoms with van der Waals surface area (Å²) in [6, 6.07) is 5.59. The van der Waals surface area contributed by atoms with Crippen LogP contribution in [0.3, 0.4) is 0 Å². The number of imidazole rings is 1. The molecule has 0 saturated carbocycles. The van der Waals surface area contributed by atoms with Gasteiger partial charge in [0.2, 0.25) is 11.5 Å². The van der Waals surface area contributed by atoms with Gasteiger partial charge in [-0.2, -0.15) is 9.38 Å². The third kappa shape index (κ3) is 3.37. The molecule has 4 heterocycles. The monoisotopic (exact) mass is 361 g/mol. The number of pyridine rings is 1. The Morgan fingerprint density at radius 1 is 1.31 bits per heavy atom. The highest BCUT2D eigenvalue weighted by atomic mass is 16.6. The molecule has 2 aromatic rings. The minimum atomic E-state index is -0.384. The van der Waals surface area contributed by atoms with E-state index in [0.717, 1.165) is 45.9 Å². The number of nitrogens with one attached hydrogen (secondary N) is 1. The molecule has 4 rings (SSSR count). The lowest BCUT2D eigenvalue weighted by molar-refractivity contribution is -0.389. The fourth-order valence-electron chi connectivity index (χ4n) is 3.84. The second kappa shape index (κ2) is 7.56. The molecular formula is C17H23N5O4. The van der Waals surface area contributed by atoms with Crippen LogP contribution in [0.1, 0.15) is 6.42 Å². The minimum absolute atomic E-state index is 0.0241. The van der Waals surface area contributed by atoms with Crippen LogP contribution in [-0.4, -0.2) is 71.3 Å². The molecule has 0 aliphatic carbocycles. The van der Waals surface area contributed by atoms with Crippen molar-refractivity contribution in [2.24, 2.45) is 5.92 Å². The van der Waals surface area contributed by atoms with Crippen LogP contribution >= 0.6 is 0 Å². The van der Waals surface area contributed by atoms with E-state index in [1.165, 1.54) is 4.40 Å². The van der Waals surface area contributed by atoms with Gasteiger partial charge in [0, 0.05) is 44.3 Å². The number of hydrogen-bond donors (Lipinski definition) is 1. The van der Waals surface area contributed by atoms with Gasteiger partial charge in [-0.3, -0.25) is 4.90 Å². The highest BCUT2D eigenvalue weighted by Crippen LogP contribution is 2.27. The maximum absolute atomic E-state index is 11.6. The molecule has 0 aromatic carbocycles. The first-order chi connectivity index (χ1) is 12.7. The number of fused-ring (bicyclic) bond motifs is 1. The predicted molar refractivity (Wildman–Crippen MR) is 95.4 cm³/mol. The number of ether oxygens (including phenoxy) is 2. The molecule has 0 spiro atoms. The lowest BCUT2D eigenvalue weighted by Gasteiger charge is -2.37. The molecule has 1 N–H and O–H groups in total. The van der Waals surface area contributed by atoms with Crippen LogP contribution in [0.2, 0.25) is 0 Å². The minimum Gasteiger partial charge on any atom is -0.381 e. The van der Waals surface area contributed by atoms with Gasteiger partial charge in [0.1, 0.15) is 0 Å². The molecule has 9 nitrogen and oxygen atoms in total. The Morgan fingerprint density at radius 3 is 2.88 bits per heavy atom. The van der Waals surface area contributed by atoms with Gasteiger partial charge in [-0.1, -0.05) is 6.07 Å². The van der Waals surface area contributed by atoms with Crippen LogP contribution in [0.15, 0.2) is 24.4 Å². The highest BCUT2D eigenvalue weighted by Gasteiger charge is 2.32. The lowest BCUT2D eigenvalue weighted by atomic mass is 9.97. The largest absolute Gasteiger partial charge is 0.381 e. The SMILES string of the molecule is O=[N+]([O-])c1c(NC[C@@H]([C@H]2CCOC2)N2CCOCC2)nc2ccccn12. The number of morpholine rings is 1. The van der Waals surface area contributed by atoms with Crippen molar-refractivity contribution in [3.63, 3.8) is 0 Å². The first-order valence-corrected chi connectivity index (χ1v) is 8.99. The summed E-state index contributed by atoms with van der Waals surface area (Å²) in [4.78, 5) is 18.0. The van der Waals surface area contributed by atoms with Crippen LogP contribution in [0.5, 0.6) is 0 Å². The Morgan fingerprint density at radius 2 is 2.15 bits per heavy atom. The maximum Gasteiger partial charge on any atom is 0.372 e. The zero-order valence-corrected chi connectivity index (χ0v) is 14.5. The number of nitrogens with zero attached hydrogens (tertiary/aromatic N) is 4. The average molecular weight is 361 g/mol. The third-order valence-electron chi connectivity index (χ3n) is 5.18. The van der Waals surface area contributed by atoms with Gasteiger partial charge in [-0.15, -0.1) is 0 Å². The lowest BCUT2D eigenvalue weighted by Crippen LogP contribution is -2.50. The summed E-state index contributed by atoms with van der Waals surface area (Å²) in [5.41, 5.74) is 0.564. The molecule has 0 unspecified atom stereocenters. The van der Waals surface area contributed by atoms with Crippen LogP contribution in [-0.2, 0) is 9.47 Å². The third-order valence-corrected chi connectivity index (χ3v) is 5.18. The Labute approximate surface area is 151 Å².